The number of carbonyl (C=O) groups is 1. The van der Waals surface area contributed by atoms with Crippen LogP contribution in [-0.2, 0) is 25.6 Å². The molecule has 0 spiro atoms. The fraction of sp³-hybridized carbons (Fsp3) is 0.565. The number of carbonyl (C=O) groups excluding carboxylic acids is 1. The normalized spacial score (nSPS) is 19.3. The molecule has 0 bridgehead atoms. The molecular formula is C23H31F2N3O5S. The Labute approximate surface area is 199 Å². The highest BCUT2D eigenvalue weighted by atomic mass is 32.2. The average molecular weight is 500 g/mol. The van der Waals surface area contributed by atoms with Crippen molar-refractivity contribution >= 4 is 16.2 Å². The van der Waals surface area contributed by atoms with E-state index in [-0.39, 0.29) is 32.1 Å². The Morgan fingerprint density at radius 1 is 1.29 bits per heavy atom. The number of aryl methyl sites for hydroxylation is 1. The molecule has 2 atom stereocenters. The van der Waals surface area contributed by atoms with Crippen LogP contribution in [0.3, 0.4) is 0 Å². The first kappa shape index (κ1) is 26.1. The van der Waals surface area contributed by atoms with Crippen LogP contribution in [0.1, 0.15) is 44.5 Å². The van der Waals surface area contributed by atoms with Crippen molar-refractivity contribution < 1.29 is 30.9 Å². The Hall–Kier alpha value is -2.53. The van der Waals surface area contributed by atoms with E-state index in [4.69, 9.17) is 8.92 Å². The molecule has 8 nitrogen and oxygen atoms in total. The molecule has 188 valence electrons. The van der Waals surface area contributed by atoms with Gasteiger partial charge in [-0.25, -0.2) is 18.6 Å². The zero-order valence-corrected chi connectivity index (χ0v) is 20.9. The topological polar surface area (TPSA) is 90.7 Å². The van der Waals surface area contributed by atoms with Crippen molar-refractivity contribution in [3.8, 4) is 11.3 Å². The minimum Gasteiger partial charge on any atom is -0.444 e. The summed E-state index contributed by atoms with van der Waals surface area (Å²) in [6.07, 6.45) is 0.979. The number of imidazole rings is 1. The molecular weight excluding hydrogens is 468 g/mol. The number of benzene rings is 1. The number of alkyl halides is 1. The lowest BCUT2D eigenvalue weighted by molar-refractivity contribution is 0.0105. The van der Waals surface area contributed by atoms with Crippen molar-refractivity contribution in [1.82, 2.24) is 14.5 Å². The van der Waals surface area contributed by atoms with E-state index in [1.54, 1.807) is 50.6 Å². The maximum Gasteiger partial charge on any atom is 0.410 e. The van der Waals surface area contributed by atoms with Crippen molar-refractivity contribution in [3.05, 3.63) is 41.6 Å². The summed E-state index contributed by atoms with van der Waals surface area (Å²) in [5, 5.41) is 0. The Kier molecular flexibility index (Phi) is 7.66. The van der Waals surface area contributed by atoms with E-state index in [2.05, 4.69) is 4.98 Å². The molecule has 1 aliphatic heterocycles. The number of rotatable bonds is 6. The standard InChI is InChI=1S/C23H31F2N3O5S/c1-15-12-16(6-7-18(15)24)20-14-27(10-11-32-34(5,30)31)21(26-20)17-8-9-28(13-19(17)25)22(29)33-23(2,3)4/h6-7,12,14,17,19H,8-11,13H2,1-5H3/t17-,19+/m1/s1. The first-order chi connectivity index (χ1) is 15.7. The molecule has 2 heterocycles. The minimum absolute atomic E-state index is 0.134. The quantitative estimate of drug-likeness (QED) is 0.558. The van der Waals surface area contributed by atoms with Crippen LogP contribution in [0.5, 0.6) is 0 Å². The summed E-state index contributed by atoms with van der Waals surface area (Å²) in [6.45, 7) is 7.03. The predicted octanol–water partition coefficient (Wildman–Crippen LogP) is 4.04. The van der Waals surface area contributed by atoms with Gasteiger partial charge < -0.3 is 14.2 Å². The second-order valence-electron chi connectivity index (χ2n) is 9.51. The van der Waals surface area contributed by atoms with Gasteiger partial charge in [0.1, 0.15) is 23.4 Å². The van der Waals surface area contributed by atoms with Gasteiger partial charge in [0.05, 0.1) is 31.0 Å². The van der Waals surface area contributed by atoms with E-state index in [1.807, 2.05) is 0 Å². The fourth-order valence-electron chi connectivity index (χ4n) is 3.82. The molecule has 1 aliphatic rings. The van der Waals surface area contributed by atoms with Gasteiger partial charge in [0.2, 0.25) is 0 Å². The van der Waals surface area contributed by atoms with Crippen LogP contribution in [-0.4, -0.2) is 66.7 Å². The van der Waals surface area contributed by atoms with E-state index in [9.17, 15) is 17.6 Å². The average Bonchev–Trinajstić information content (AvgIpc) is 3.11. The van der Waals surface area contributed by atoms with Crippen molar-refractivity contribution in [1.29, 1.82) is 0 Å². The highest BCUT2D eigenvalue weighted by Crippen LogP contribution is 2.33. The van der Waals surface area contributed by atoms with Gasteiger partial charge in [0, 0.05) is 24.8 Å². The number of piperidine rings is 1. The molecule has 1 fully saturated rings. The Bertz CT molecular complexity index is 1140. The third-order valence-corrected chi connectivity index (χ3v) is 6.01. The van der Waals surface area contributed by atoms with Crippen LogP contribution in [0.4, 0.5) is 13.6 Å². The number of ether oxygens (including phenoxy) is 1. The zero-order valence-electron chi connectivity index (χ0n) is 20.0. The Morgan fingerprint density at radius 2 is 2.00 bits per heavy atom. The molecule has 0 aliphatic carbocycles. The molecule has 1 aromatic carbocycles. The third-order valence-electron chi connectivity index (χ3n) is 5.42. The van der Waals surface area contributed by atoms with E-state index in [0.717, 1.165) is 6.26 Å². The lowest BCUT2D eigenvalue weighted by atomic mass is 9.94. The molecule has 3 rings (SSSR count). The molecule has 11 heteroatoms. The van der Waals surface area contributed by atoms with Crippen molar-refractivity contribution in [2.45, 2.75) is 58.4 Å². The minimum atomic E-state index is -3.64. The monoisotopic (exact) mass is 499 g/mol. The van der Waals surface area contributed by atoms with Crippen LogP contribution >= 0.6 is 0 Å². The lowest BCUT2D eigenvalue weighted by Crippen LogP contribution is -2.46. The number of halogens is 2. The lowest BCUT2D eigenvalue weighted by Gasteiger charge is -2.35. The smallest absolute Gasteiger partial charge is 0.410 e. The van der Waals surface area contributed by atoms with E-state index < -0.39 is 33.9 Å². The van der Waals surface area contributed by atoms with E-state index in [0.29, 0.717) is 29.1 Å². The number of aromatic nitrogens is 2. The summed E-state index contributed by atoms with van der Waals surface area (Å²) in [7, 11) is -3.64. The molecule has 34 heavy (non-hydrogen) atoms. The summed E-state index contributed by atoms with van der Waals surface area (Å²) in [4.78, 5) is 18.3. The maximum absolute atomic E-state index is 15.3. The number of likely N-dealkylation sites (tertiary alicyclic amines) is 1. The fourth-order valence-corrected chi connectivity index (χ4v) is 4.20. The first-order valence-corrected chi connectivity index (χ1v) is 12.8. The van der Waals surface area contributed by atoms with Gasteiger partial charge >= 0.3 is 6.09 Å². The largest absolute Gasteiger partial charge is 0.444 e. The number of hydrogen-bond donors (Lipinski definition) is 0. The first-order valence-electron chi connectivity index (χ1n) is 11.0. The summed E-state index contributed by atoms with van der Waals surface area (Å²) in [5.74, 6) is -0.541. The van der Waals surface area contributed by atoms with Crippen LogP contribution in [0.25, 0.3) is 11.3 Å². The van der Waals surface area contributed by atoms with Gasteiger partial charge in [-0.1, -0.05) is 0 Å². The summed E-state index contributed by atoms with van der Waals surface area (Å²) in [6, 6.07) is 4.58. The predicted molar refractivity (Wildman–Crippen MR) is 123 cm³/mol. The van der Waals surface area contributed by atoms with E-state index in [1.165, 1.54) is 11.0 Å². The second-order valence-corrected chi connectivity index (χ2v) is 11.1. The Morgan fingerprint density at radius 3 is 2.59 bits per heavy atom. The van der Waals surface area contributed by atoms with Crippen LogP contribution in [0, 0.1) is 12.7 Å². The van der Waals surface area contributed by atoms with E-state index >= 15 is 4.39 Å². The van der Waals surface area contributed by atoms with Gasteiger partial charge in [0.25, 0.3) is 10.1 Å². The molecule has 0 radical (unpaired) electrons. The van der Waals surface area contributed by atoms with Gasteiger partial charge in [-0.3, -0.25) is 4.18 Å². The van der Waals surface area contributed by atoms with Crippen LogP contribution in [0.2, 0.25) is 0 Å². The summed E-state index contributed by atoms with van der Waals surface area (Å²) < 4.78 is 63.7. The highest BCUT2D eigenvalue weighted by Gasteiger charge is 2.37. The molecule has 1 saturated heterocycles. The molecule has 1 amide bonds. The molecule has 0 N–H and O–H groups in total. The molecule has 1 aromatic heterocycles. The molecule has 0 saturated carbocycles. The summed E-state index contributed by atoms with van der Waals surface area (Å²) >= 11 is 0. The zero-order chi connectivity index (χ0) is 25.3. The molecule has 2 aromatic rings. The van der Waals surface area contributed by atoms with Crippen LogP contribution < -0.4 is 0 Å². The molecule has 0 unspecified atom stereocenters. The maximum atomic E-state index is 15.3. The number of nitrogens with zero attached hydrogens (tertiary/aromatic N) is 3. The SMILES string of the molecule is Cc1cc(-c2cn(CCOS(C)(=O)=O)c([C@@H]3CCN(C(=O)OC(C)(C)C)C[C@@H]3F)n2)ccc1F. The highest BCUT2D eigenvalue weighted by molar-refractivity contribution is 7.85. The van der Waals surface area contributed by atoms with Crippen molar-refractivity contribution in [2.24, 2.45) is 0 Å². The number of amides is 1. The van der Waals surface area contributed by atoms with Gasteiger partial charge in [-0.15, -0.1) is 0 Å². The third kappa shape index (κ3) is 6.75. The Balaban J connectivity index is 1.85. The van der Waals surface area contributed by atoms with Gasteiger partial charge in [0.15, 0.2) is 0 Å². The van der Waals surface area contributed by atoms with Gasteiger partial charge in [-0.05, 0) is 57.9 Å². The van der Waals surface area contributed by atoms with Gasteiger partial charge in [-0.2, -0.15) is 8.42 Å². The second kappa shape index (κ2) is 9.99. The van der Waals surface area contributed by atoms with Crippen LogP contribution in [0.15, 0.2) is 24.4 Å². The van der Waals surface area contributed by atoms with Crippen molar-refractivity contribution in [2.75, 3.05) is 26.0 Å². The summed E-state index contributed by atoms with van der Waals surface area (Å²) in [5.41, 5.74) is 0.935. The number of hydrogen-bond acceptors (Lipinski definition) is 6. The van der Waals surface area contributed by atoms with Crippen molar-refractivity contribution in [3.63, 3.8) is 0 Å².